The van der Waals surface area contributed by atoms with Gasteiger partial charge in [0.1, 0.15) is 5.54 Å². The molecule has 1 atom stereocenters. The number of thioether (sulfide) groups is 1. The van der Waals surface area contributed by atoms with Gasteiger partial charge in [0.2, 0.25) is 5.91 Å². The quantitative estimate of drug-likeness (QED) is 0.456. The number of imide groups is 1. The smallest absolute Gasteiger partial charge is 0.322 e. The zero-order valence-electron chi connectivity index (χ0n) is 17.5. The lowest BCUT2D eigenvalue weighted by Crippen LogP contribution is -2.49. The molecule has 0 saturated carbocycles. The van der Waals surface area contributed by atoms with Gasteiger partial charge in [-0.25, -0.2) is 9.78 Å². The minimum absolute atomic E-state index is 0.00492. The molecule has 0 radical (unpaired) electrons. The summed E-state index contributed by atoms with van der Waals surface area (Å²) in [5.41, 5.74) is 5.23. The van der Waals surface area contributed by atoms with Gasteiger partial charge in [0.25, 0.3) is 5.91 Å². The predicted octanol–water partition coefficient (Wildman–Crippen LogP) is 3.18. The van der Waals surface area contributed by atoms with Crippen LogP contribution in [0.4, 0.5) is 4.79 Å². The van der Waals surface area contributed by atoms with E-state index in [1.165, 1.54) is 11.8 Å². The molecule has 1 aromatic heterocycles. The molecule has 2 aromatic carbocycles. The summed E-state index contributed by atoms with van der Waals surface area (Å²) in [7, 11) is 0. The summed E-state index contributed by atoms with van der Waals surface area (Å²) < 4.78 is 2.00. The first-order chi connectivity index (χ1) is 14.8. The van der Waals surface area contributed by atoms with Gasteiger partial charge in [0.15, 0.2) is 5.16 Å². The molecule has 31 heavy (non-hydrogen) atoms. The Hall–Kier alpha value is -3.33. The van der Waals surface area contributed by atoms with Gasteiger partial charge >= 0.3 is 6.03 Å². The molecule has 1 fully saturated rings. The molecule has 4 rings (SSSR count). The van der Waals surface area contributed by atoms with Crippen molar-refractivity contribution < 1.29 is 14.4 Å². The average molecular weight is 438 g/mol. The topological polar surface area (TPSA) is 96.3 Å². The van der Waals surface area contributed by atoms with E-state index in [9.17, 15) is 14.4 Å². The van der Waals surface area contributed by atoms with Crippen LogP contribution in [0.2, 0.25) is 0 Å². The van der Waals surface area contributed by atoms with Crippen molar-refractivity contribution in [3.8, 4) is 5.69 Å². The van der Waals surface area contributed by atoms with Crippen molar-refractivity contribution >= 4 is 40.6 Å². The van der Waals surface area contributed by atoms with Crippen LogP contribution in [0.5, 0.6) is 0 Å². The molecule has 4 amide bonds. The maximum absolute atomic E-state index is 12.5. The Morgan fingerprint density at radius 2 is 1.97 bits per heavy atom. The van der Waals surface area contributed by atoms with Crippen molar-refractivity contribution in [2.75, 3.05) is 5.75 Å². The molecule has 2 heterocycles. The van der Waals surface area contributed by atoms with Crippen molar-refractivity contribution in [3.63, 3.8) is 0 Å². The lowest BCUT2D eigenvalue weighted by molar-refractivity contribution is -0.137. The molecule has 1 aliphatic rings. The SMILES string of the molecule is CC[C@@]1(C)NC(=O)N(NC(=O)CSc2nc3ccccc3n2-c2cccc(C)c2)C1=O. The van der Waals surface area contributed by atoms with Crippen molar-refractivity contribution in [2.24, 2.45) is 0 Å². The molecular formula is C22H23N5O3S. The molecule has 9 heteroatoms. The van der Waals surface area contributed by atoms with E-state index in [0.29, 0.717) is 11.6 Å². The number of para-hydroxylation sites is 2. The van der Waals surface area contributed by atoms with Gasteiger partial charge in [-0.3, -0.25) is 19.6 Å². The van der Waals surface area contributed by atoms with Crippen LogP contribution in [-0.2, 0) is 9.59 Å². The number of rotatable bonds is 6. The number of carbonyl (C=O) groups is 3. The lowest BCUT2D eigenvalue weighted by Gasteiger charge is -2.19. The van der Waals surface area contributed by atoms with Gasteiger partial charge in [-0.15, -0.1) is 0 Å². The van der Waals surface area contributed by atoms with Crippen LogP contribution in [0, 0.1) is 6.92 Å². The van der Waals surface area contributed by atoms with Gasteiger partial charge in [0, 0.05) is 5.69 Å². The van der Waals surface area contributed by atoms with E-state index in [0.717, 1.165) is 27.3 Å². The van der Waals surface area contributed by atoms with Crippen LogP contribution >= 0.6 is 11.8 Å². The number of hydrogen-bond acceptors (Lipinski definition) is 5. The first-order valence-electron chi connectivity index (χ1n) is 9.96. The third-order valence-electron chi connectivity index (χ3n) is 5.33. The van der Waals surface area contributed by atoms with Gasteiger partial charge in [-0.05, 0) is 50.1 Å². The number of benzene rings is 2. The Morgan fingerprint density at radius 1 is 1.19 bits per heavy atom. The summed E-state index contributed by atoms with van der Waals surface area (Å²) in [5.74, 6) is -0.934. The fourth-order valence-electron chi connectivity index (χ4n) is 3.43. The number of fused-ring (bicyclic) bond motifs is 1. The van der Waals surface area contributed by atoms with Crippen LogP contribution < -0.4 is 10.7 Å². The van der Waals surface area contributed by atoms with Crippen molar-refractivity contribution in [2.45, 2.75) is 37.9 Å². The van der Waals surface area contributed by atoms with Crippen molar-refractivity contribution in [3.05, 3.63) is 54.1 Å². The average Bonchev–Trinajstić information content (AvgIpc) is 3.22. The number of amides is 4. The number of aryl methyl sites for hydroxylation is 1. The van der Waals surface area contributed by atoms with Crippen LogP contribution in [-0.4, -0.2) is 43.7 Å². The van der Waals surface area contributed by atoms with Gasteiger partial charge in [0.05, 0.1) is 16.8 Å². The van der Waals surface area contributed by atoms with Crippen molar-refractivity contribution in [1.82, 2.24) is 25.3 Å². The summed E-state index contributed by atoms with van der Waals surface area (Å²) in [6.45, 7) is 5.46. The summed E-state index contributed by atoms with van der Waals surface area (Å²) in [5, 5.41) is 4.02. The van der Waals surface area contributed by atoms with Crippen LogP contribution in [0.3, 0.4) is 0 Å². The first-order valence-corrected chi connectivity index (χ1v) is 10.9. The lowest BCUT2D eigenvalue weighted by atomic mass is 10.00. The number of nitrogens with one attached hydrogen (secondary N) is 2. The minimum Gasteiger partial charge on any atom is -0.322 e. The number of imidazole rings is 1. The molecule has 2 N–H and O–H groups in total. The Morgan fingerprint density at radius 3 is 2.68 bits per heavy atom. The standard InChI is InChI=1S/C22H23N5O3S/c1-4-22(3)19(29)27(20(30)24-22)25-18(28)13-31-21-23-16-10-5-6-11-17(16)26(21)15-9-7-8-14(2)12-15/h5-12H,4,13H2,1-3H3,(H,24,30)(H,25,28)/t22-/m1/s1. The highest BCUT2D eigenvalue weighted by Crippen LogP contribution is 2.28. The maximum atomic E-state index is 12.5. The van der Waals surface area contributed by atoms with Gasteiger partial charge in [-0.2, -0.15) is 5.01 Å². The number of hydrogen-bond donors (Lipinski definition) is 2. The zero-order chi connectivity index (χ0) is 22.2. The number of hydrazine groups is 1. The second-order valence-corrected chi connectivity index (χ2v) is 8.58. The minimum atomic E-state index is -1.00. The summed E-state index contributed by atoms with van der Waals surface area (Å²) >= 11 is 1.24. The largest absolute Gasteiger partial charge is 0.344 e. The third-order valence-corrected chi connectivity index (χ3v) is 6.27. The van der Waals surface area contributed by atoms with E-state index in [2.05, 4.69) is 21.8 Å². The fraction of sp³-hybridized carbons (Fsp3) is 0.273. The molecule has 0 spiro atoms. The Balaban J connectivity index is 1.55. The Kier molecular flexibility index (Phi) is 5.45. The molecule has 0 bridgehead atoms. The molecule has 0 unspecified atom stereocenters. The fourth-order valence-corrected chi connectivity index (χ4v) is 4.25. The third kappa shape index (κ3) is 3.88. The molecule has 8 nitrogen and oxygen atoms in total. The normalized spacial score (nSPS) is 18.5. The highest BCUT2D eigenvalue weighted by Gasteiger charge is 2.47. The zero-order valence-corrected chi connectivity index (χ0v) is 18.3. The van der Waals surface area contributed by atoms with E-state index < -0.39 is 23.4 Å². The van der Waals surface area contributed by atoms with E-state index in [-0.39, 0.29) is 5.75 Å². The Bertz CT molecular complexity index is 1190. The second-order valence-electron chi connectivity index (χ2n) is 7.64. The second kappa shape index (κ2) is 8.07. The first kappa shape index (κ1) is 20.9. The molecule has 1 aliphatic heterocycles. The van der Waals surface area contributed by atoms with E-state index in [1.54, 1.807) is 13.8 Å². The molecule has 160 valence electrons. The van der Waals surface area contributed by atoms with E-state index in [1.807, 2.05) is 54.0 Å². The highest BCUT2D eigenvalue weighted by molar-refractivity contribution is 7.99. The van der Waals surface area contributed by atoms with Gasteiger partial charge in [-0.1, -0.05) is 43.0 Å². The molecular weight excluding hydrogens is 414 g/mol. The number of nitrogens with zero attached hydrogens (tertiary/aromatic N) is 3. The van der Waals surface area contributed by atoms with Crippen LogP contribution in [0.15, 0.2) is 53.7 Å². The summed E-state index contributed by atoms with van der Waals surface area (Å²) in [6, 6.07) is 15.2. The number of carbonyl (C=O) groups excluding carboxylic acids is 3. The Labute approximate surface area is 184 Å². The van der Waals surface area contributed by atoms with E-state index in [4.69, 9.17) is 0 Å². The summed E-state index contributed by atoms with van der Waals surface area (Å²) in [6.07, 6.45) is 0.430. The highest BCUT2D eigenvalue weighted by atomic mass is 32.2. The monoisotopic (exact) mass is 437 g/mol. The molecule has 1 saturated heterocycles. The van der Waals surface area contributed by atoms with Crippen LogP contribution in [0.25, 0.3) is 16.7 Å². The van der Waals surface area contributed by atoms with Crippen LogP contribution in [0.1, 0.15) is 25.8 Å². The van der Waals surface area contributed by atoms with E-state index >= 15 is 0 Å². The van der Waals surface area contributed by atoms with Crippen molar-refractivity contribution in [1.29, 1.82) is 0 Å². The molecule has 3 aromatic rings. The molecule has 0 aliphatic carbocycles. The summed E-state index contributed by atoms with van der Waals surface area (Å²) in [4.78, 5) is 41.8. The maximum Gasteiger partial charge on any atom is 0.344 e. The number of urea groups is 1. The predicted molar refractivity (Wildman–Crippen MR) is 119 cm³/mol. The van der Waals surface area contributed by atoms with Gasteiger partial charge < -0.3 is 5.32 Å². The number of aromatic nitrogens is 2.